The fourth-order valence-electron chi connectivity index (χ4n) is 3.61. The Morgan fingerprint density at radius 1 is 1.00 bits per heavy atom. The highest BCUT2D eigenvalue weighted by Crippen LogP contribution is 2.29. The molecule has 1 aromatic heterocycles. The molecule has 4 rings (SSSR count). The summed E-state index contributed by atoms with van der Waals surface area (Å²) in [5.74, 6) is 1.57. The number of carbonyl (C=O) groups excluding carboxylic acids is 1. The minimum Gasteiger partial charge on any atom is -0.487 e. The first-order valence-corrected chi connectivity index (χ1v) is 12.2. The van der Waals surface area contributed by atoms with Crippen LogP contribution >= 0.6 is 11.8 Å². The zero-order valence-corrected chi connectivity index (χ0v) is 20.4. The van der Waals surface area contributed by atoms with Crippen molar-refractivity contribution in [3.63, 3.8) is 0 Å². The van der Waals surface area contributed by atoms with Crippen LogP contribution in [-0.4, -0.2) is 26.4 Å². The van der Waals surface area contributed by atoms with Crippen LogP contribution in [0.5, 0.6) is 5.75 Å². The number of hydrogen-bond donors (Lipinski definition) is 1. The van der Waals surface area contributed by atoms with Crippen LogP contribution in [0.3, 0.4) is 0 Å². The van der Waals surface area contributed by atoms with E-state index in [0.717, 1.165) is 39.8 Å². The molecule has 0 bridgehead atoms. The number of rotatable bonds is 9. The van der Waals surface area contributed by atoms with Gasteiger partial charge in [0.2, 0.25) is 5.91 Å². The van der Waals surface area contributed by atoms with E-state index >= 15 is 0 Å². The lowest BCUT2D eigenvalue weighted by Crippen LogP contribution is -2.15. The number of amides is 1. The van der Waals surface area contributed by atoms with Gasteiger partial charge in [-0.05, 0) is 49.6 Å². The summed E-state index contributed by atoms with van der Waals surface area (Å²) in [4.78, 5) is 12.8. The van der Waals surface area contributed by atoms with E-state index in [9.17, 15) is 4.79 Å². The van der Waals surface area contributed by atoms with Crippen LogP contribution < -0.4 is 10.1 Å². The summed E-state index contributed by atoms with van der Waals surface area (Å²) in [5.41, 5.74) is 4.98. The average Bonchev–Trinajstić information content (AvgIpc) is 3.26. The van der Waals surface area contributed by atoms with Crippen LogP contribution in [0.15, 0.2) is 78.0 Å². The Labute approximate surface area is 204 Å². The molecule has 0 saturated carbocycles. The molecule has 34 heavy (non-hydrogen) atoms. The van der Waals surface area contributed by atoms with E-state index in [0.29, 0.717) is 18.0 Å². The normalized spacial score (nSPS) is 10.8. The Hall–Kier alpha value is -3.58. The third-order valence-electron chi connectivity index (χ3n) is 5.40. The lowest BCUT2D eigenvalue weighted by atomic mass is 10.1. The molecule has 7 heteroatoms. The molecule has 1 amide bonds. The topological polar surface area (TPSA) is 69.0 Å². The molecule has 0 atom stereocenters. The second kappa shape index (κ2) is 11.0. The van der Waals surface area contributed by atoms with Crippen molar-refractivity contribution in [2.45, 2.75) is 39.1 Å². The third-order valence-corrected chi connectivity index (χ3v) is 6.37. The number of aryl methyl sites for hydroxylation is 2. The van der Waals surface area contributed by atoms with Gasteiger partial charge in [-0.2, -0.15) is 0 Å². The highest BCUT2D eigenvalue weighted by atomic mass is 32.2. The molecule has 0 fully saturated rings. The number of hydrogen-bond acceptors (Lipinski definition) is 5. The molecule has 0 aliphatic carbocycles. The van der Waals surface area contributed by atoms with Crippen molar-refractivity contribution in [3.8, 4) is 17.1 Å². The summed E-state index contributed by atoms with van der Waals surface area (Å²) in [5, 5.41) is 12.5. The molecule has 1 N–H and O–H groups in total. The lowest BCUT2D eigenvalue weighted by molar-refractivity contribution is -0.113. The van der Waals surface area contributed by atoms with Gasteiger partial charge in [-0.15, -0.1) is 10.2 Å². The molecule has 0 aliphatic rings. The second-order valence-electron chi connectivity index (χ2n) is 7.98. The maximum Gasteiger partial charge on any atom is 0.234 e. The van der Waals surface area contributed by atoms with E-state index in [1.165, 1.54) is 11.8 Å². The first-order chi connectivity index (χ1) is 16.5. The Morgan fingerprint density at radius 2 is 1.76 bits per heavy atom. The van der Waals surface area contributed by atoms with Crippen LogP contribution in [0.4, 0.5) is 5.69 Å². The SMILES string of the molecule is CCn1c(SCC(=O)Nc2ccc(C)cc2OCc2ccccc2)nnc1-c1ccccc1C. The highest BCUT2D eigenvalue weighted by molar-refractivity contribution is 7.99. The van der Waals surface area contributed by atoms with Crippen LogP contribution in [-0.2, 0) is 17.9 Å². The van der Waals surface area contributed by atoms with Gasteiger partial charge in [0, 0.05) is 12.1 Å². The monoisotopic (exact) mass is 472 g/mol. The number of benzene rings is 3. The Balaban J connectivity index is 1.42. The quantitative estimate of drug-likeness (QED) is 0.308. The van der Waals surface area contributed by atoms with Gasteiger partial charge in [0.1, 0.15) is 12.4 Å². The zero-order chi connectivity index (χ0) is 23.9. The van der Waals surface area contributed by atoms with E-state index in [4.69, 9.17) is 4.74 Å². The number of nitrogens with zero attached hydrogens (tertiary/aromatic N) is 3. The van der Waals surface area contributed by atoms with E-state index in [1.807, 2.05) is 78.2 Å². The average molecular weight is 473 g/mol. The number of thioether (sulfide) groups is 1. The third kappa shape index (κ3) is 5.66. The molecule has 0 spiro atoms. The largest absolute Gasteiger partial charge is 0.487 e. The van der Waals surface area contributed by atoms with Crippen LogP contribution in [0, 0.1) is 13.8 Å². The molecule has 1 heterocycles. The number of nitrogens with one attached hydrogen (secondary N) is 1. The van der Waals surface area contributed by atoms with Gasteiger partial charge >= 0.3 is 0 Å². The molecule has 0 aliphatic heterocycles. The molecular weight excluding hydrogens is 444 g/mol. The maximum absolute atomic E-state index is 12.8. The van der Waals surface area contributed by atoms with Crippen LogP contribution in [0.2, 0.25) is 0 Å². The smallest absolute Gasteiger partial charge is 0.234 e. The van der Waals surface area contributed by atoms with Gasteiger partial charge in [0.15, 0.2) is 11.0 Å². The zero-order valence-electron chi connectivity index (χ0n) is 19.6. The van der Waals surface area contributed by atoms with Crippen molar-refractivity contribution in [2.24, 2.45) is 0 Å². The van der Waals surface area contributed by atoms with Crippen LogP contribution in [0.1, 0.15) is 23.6 Å². The predicted octanol–water partition coefficient (Wildman–Crippen LogP) is 5.89. The summed E-state index contributed by atoms with van der Waals surface area (Å²) in [7, 11) is 0. The lowest BCUT2D eigenvalue weighted by Gasteiger charge is -2.14. The number of aromatic nitrogens is 3. The molecule has 3 aromatic carbocycles. The first-order valence-electron chi connectivity index (χ1n) is 11.2. The van der Waals surface area contributed by atoms with Gasteiger partial charge < -0.3 is 14.6 Å². The second-order valence-corrected chi connectivity index (χ2v) is 8.92. The van der Waals surface area contributed by atoms with Crippen molar-refractivity contribution >= 4 is 23.4 Å². The molecule has 0 saturated heterocycles. The highest BCUT2D eigenvalue weighted by Gasteiger charge is 2.16. The number of ether oxygens (including phenoxy) is 1. The standard InChI is InChI=1S/C27H28N4O2S/c1-4-31-26(22-13-9-8-10-20(22)3)29-30-27(31)34-18-25(32)28-23-15-14-19(2)16-24(23)33-17-21-11-6-5-7-12-21/h5-16H,4,17-18H2,1-3H3,(H,28,32). The minimum atomic E-state index is -0.124. The minimum absolute atomic E-state index is 0.124. The summed E-state index contributed by atoms with van der Waals surface area (Å²) in [6, 6.07) is 23.8. The molecule has 6 nitrogen and oxygen atoms in total. The van der Waals surface area contributed by atoms with Crippen molar-refractivity contribution in [3.05, 3.63) is 89.5 Å². The first kappa shape index (κ1) is 23.6. The molecule has 4 aromatic rings. The fourth-order valence-corrected chi connectivity index (χ4v) is 4.41. The van der Waals surface area contributed by atoms with Gasteiger partial charge in [-0.25, -0.2) is 0 Å². The van der Waals surface area contributed by atoms with Crippen molar-refractivity contribution in [1.29, 1.82) is 0 Å². The van der Waals surface area contributed by atoms with Gasteiger partial charge in [-0.3, -0.25) is 4.79 Å². The summed E-state index contributed by atoms with van der Waals surface area (Å²) in [6.07, 6.45) is 0. The van der Waals surface area contributed by atoms with Crippen molar-refractivity contribution in [2.75, 3.05) is 11.1 Å². The molecular formula is C27H28N4O2S. The van der Waals surface area contributed by atoms with Gasteiger partial charge in [0.25, 0.3) is 0 Å². The van der Waals surface area contributed by atoms with Crippen molar-refractivity contribution in [1.82, 2.24) is 14.8 Å². The Morgan fingerprint density at radius 3 is 2.53 bits per heavy atom. The van der Waals surface area contributed by atoms with Gasteiger partial charge in [0.05, 0.1) is 11.4 Å². The molecule has 0 radical (unpaired) electrons. The van der Waals surface area contributed by atoms with Crippen molar-refractivity contribution < 1.29 is 9.53 Å². The number of anilines is 1. The van der Waals surface area contributed by atoms with E-state index in [2.05, 4.69) is 35.4 Å². The van der Waals surface area contributed by atoms with Gasteiger partial charge in [-0.1, -0.05) is 72.4 Å². The predicted molar refractivity (Wildman–Crippen MR) is 137 cm³/mol. The Kier molecular flexibility index (Phi) is 7.65. The summed E-state index contributed by atoms with van der Waals surface area (Å²) < 4.78 is 8.06. The summed E-state index contributed by atoms with van der Waals surface area (Å²) in [6.45, 7) is 7.26. The van der Waals surface area contributed by atoms with E-state index in [-0.39, 0.29) is 11.7 Å². The summed E-state index contributed by atoms with van der Waals surface area (Å²) >= 11 is 1.38. The Bertz CT molecular complexity index is 1270. The molecule has 174 valence electrons. The fraction of sp³-hybridized carbons (Fsp3) is 0.222. The van der Waals surface area contributed by atoms with E-state index < -0.39 is 0 Å². The maximum atomic E-state index is 12.8. The van der Waals surface area contributed by atoms with Crippen LogP contribution in [0.25, 0.3) is 11.4 Å². The number of carbonyl (C=O) groups is 1. The molecule has 0 unspecified atom stereocenters. The van der Waals surface area contributed by atoms with E-state index in [1.54, 1.807) is 0 Å².